The number of H-pyrrole nitrogens is 1. The molecule has 1 N–H and O–H groups in total. The van der Waals surface area contributed by atoms with Crippen molar-refractivity contribution in [2.24, 2.45) is 0 Å². The fourth-order valence-electron chi connectivity index (χ4n) is 2.71. The molecule has 0 radical (unpaired) electrons. The molecule has 1 aromatic heterocycles. The van der Waals surface area contributed by atoms with Crippen LogP contribution in [0.25, 0.3) is 32.9 Å². The number of halogens is 1. The topological polar surface area (TPSA) is 15.8 Å². The molecular weight excluding hydrogens is 266 g/mol. The van der Waals surface area contributed by atoms with Crippen LogP contribution >= 0.6 is 11.6 Å². The van der Waals surface area contributed by atoms with E-state index in [0.29, 0.717) is 0 Å². The maximum absolute atomic E-state index is 6.28. The molecule has 0 spiro atoms. The van der Waals surface area contributed by atoms with Crippen molar-refractivity contribution in [3.05, 3.63) is 71.8 Å². The molecule has 3 aromatic carbocycles. The van der Waals surface area contributed by atoms with Crippen molar-refractivity contribution in [3.63, 3.8) is 0 Å². The van der Waals surface area contributed by atoms with Crippen molar-refractivity contribution >= 4 is 33.3 Å². The van der Waals surface area contributed by atoms with Gasteiger partial charge in [-0.05, 0) is 29.0 Å². The van der Waals surface area contributed by atoms with Gasteiger partial charge in [-0.2, -0.15) is 0 Å². The summed E-state index contributed by atoms with van der Waals surface area (Å²) in [7, 11) is 0. The highest BCUT2D eigenvalue weighted by Crippen LogP contribution is 2.32. The highest BCUT2D eigenvalue weighted by Gasteiger charge is 2.08. The van der Waals surface area contributed by atoms with E-state index in [1.54, 1.807) is 0 Å². The molecule has 0 saturated carbocycles. The van der Waals surface area contributed by atoms with E-state index in [0.717, 1.165) is 21.8 Å². The van der Waals surface area contributed by atoms with Gasteiger partial charge in [0.2, 0.25) is 0 Å². The van der Waals surface area contributed by atoms with E-state index in [2.05, 4.69) is 47.4 Å². The molecule has 96 valence electrons. The summed E-state index contributed by atoms with van der Waals surface area (Å²) >= 11 is 6.28. The van der Waals surface area contributed by atoms with Gasteiger partial charge in [0, 0.05) is 27.2 Å². The highest BCUT2D eigenvalue weighted by atomic mass is 35.5. The summed E-state index contributed by atoms with van der Waals surface area (Å²) in [6.45, 7) is 0. The molecule has 4 aromatic rings. The average molecular weight is 278 g/mol. The summed E-state index contributed by atoms with van der Waals surface area (Å²) in [4.78, 5) is 3.46. The SMILES string of the molecule is Clc1ccccc1-c1cc2c(ccc3ccccc32)[nH]1. The summed E-state index contributed by atoms with van der Waals surface area (Å²) in [5.41, 5.74) is 3.23. The van der Waals surface area contributed by atoms with Crippen LogP contribution in [0, 0.1) is 0 Å². The van der Waals surface area contributed by atoms with Gasteiger partial charge in [0.15, 0.2) is 0 Å². The maximum Gasteiger partial charge on any atom is 0.0499 e. The maximum atomic E-state index is 6.28. The fraction of sp³-hybridized carbons (Fsp3) is 0. The predicted octanol–water partition coefficient (Wildman–Crippen LogP) is 5.64. The van der Waals surface area contributed by atoms with Gasteiger partial charge in [0.05, 0.1) is 0 Å². The van der Waals surface area contributed by atoms with Crippen LogP contribution in [0.4, 0.5) is 0 Å². The molecule has 0 fully saturated rings. The molecule has 0 aliphatic rings. The lowest BCUT2D eigenvalue weighted by Gasteiger charge is -1.99. The molecular formula is C18H12ClN. The van der Waals surface area contributed by atoms with E-state index in [1.165, 1.54) is 16.2 Å². The minimum absolute atomic E-state index is 0.767. The minimum atomic E-state index is 0.767. The third-order valence-corrected chi connectivity index (χ3v) is 4.02. The van der Waals surface area contributed by atoms with E-state index in [9.17, 15) is 0 Å². The van der Waals surface area contributed by atoms with Gasteiger partial charge in [-0.1, -0.05) is 60.1 Å². The summed E-state index contributed by atoms with van der Waals surface area (Å²) < 4.78 is 0. The molecule has 1 nitrogen and oxygen atoms in total. The number of rotatable bonds is 1. The van der Waals surface area contributed by atoms with E-state index in [-0.39, 0.29) is 0 Å². The summed E-state index contributed by atoms with van der Waals surface area (Å²) in [6.07, 6.45) is 0. The van der Waals surface area contributed by atoms with E-state index < -0.39 is 0 Å². The standard InChI is InChI=1S/C18H12ClN/c19-16-8-4-3-7-14(16)18-11-15-13-6-2-1-5-12(13)9-10-17(15)20-18/h1-11,20H. The van der Waals surface area contributed by atoms with E-state index >= 15 is 0 Å². The first-order valence-electron chi connectivity index (χ1n) is 6.58. The molecule has 0 amide bonds. The van der Waals surface area contributed by atoms with Gasteiger partial charge in [-0.25, -0.2) is 0 Å². The van der Waals surface area contributed by atoms with Crippen LogP contribution in [-0.4, -0.2) is 4.98 Å². The number of aromatic nitrogens is 1. The second kappa shape index (κ2) is 4.39. The van der Waals surface area contributed by atoms with E-state index in [1.807, 2.05) is 24.3 Å². The Morgan fingerprint density at radius 1 is 0.750 bits per heavy atom. The fourth-order valence-corrected chi connectivity index (χ4v) is 2.95. The number of hydrogen-bond donors (Lipinski definition) is 1. The molecule has 0 aliphatic carbocycles. The zero-order valence-corrected chi connectivity index (χ0v) is 11.5. The minimum Gasteiger partial charge on any atom is -0.354 e. The lowest BCUT2D eigenvalue weighted by Crippen LogP contribution is -1.77. The molecule has 4 rings (SSSR count). The monoisotopic (exact) mass is 277 g/mol. The lowest BCUT2D eigenvalue weighted by atomic mass is 10.1. The van der Waals surface area contributed by atoms with Crippen molar-refractivity contribution in [2.75, 3.05) is 0 Å². The van der Waals surface area contributed by atoms with Crippen molar-refractivity contribution in [1.82, 2.24) is 4.98 Å². The Labute approximate surface area is 121 Å². The molecule has 20 heavy (non-hydrogen) atoms. The first-order chi connectivity index (χ1) is 9.83. The van der Waals surface area contributed by atoms with Crippen LogP contribution in [-0.2, 0) is 0 Å². The first-order valence-corrected chi connectivity index (χ1v) is 6.96. The van der Waals surface area contributed by atoms with Crippen molar-refractivity contribution in [3.8, 4) is 11.3 Å². The van der Waals surface area contributed by atoms with Gasteiger partial charge >= 0.3 is 0 Å². The first kappa shape index (κ1) is 11.6. The van der Waals surface area contributed by atoms with Crippen LogP contribution in [0.1, 0.15) is 0 Å². The van der Waals surface area contributed by atoms with E-state index in [4.69, 9.17) is 11.6 Å². The molecule has 0 saturated heterocycles. The summed E-state index contributed by atoms with van der Waals surface area (Å²) in [6, 6.07) is 22.8. The van der Waals surface area contributed by atoms with Crippen LogP contribution in [0.2, 0.25) is 5.02 Å². The molecule has 0 unspecified atom stereocenters. The third-order valence-electron chi connectivity index (χ3n) is 3.69. The van der Waals surface area contributed by atoms with Crippen molar-refractivity contribution in [1.29, 1.82) is 0 Å². The Hall–Kier alpha value is -2.25. The average Bonchev–Trinajstić information content (AvgIpc) is 2.92. The molecule has 0 bridgehead atoms. The lowest BCUT2D eigenvalue weighted by molar-refractivity contribution is 1.45. The Kier molecular flexibility index (Phi) is 2.54. The zero-order valence-electron chi connectivity index (χ0n) is 10.7. The highest BCUT2D eigenvalue weighted by molar-refractivity contribution is 6.33. The predicted molar refractivity (Wildman–Crippen MR) is 86.3 cm³/mol. The Morgan fingerprint density at radius 2 is 1.55 bits per heavy atom. The van der Waals surface area contributed by atoms with Crippen LogP contribution in [0.15, 0.2) is 66.7 Å². The van der Waals surface area contributed by atoms with Crippen molar-refractivity contribution in [2.45, 2.75) is 0 Å². The normalized spacial score (nSPS) is 11.2. The van der Waals surface area contributed by atoms with Gasteiger partial charge in [0.25, 0.3) is 0 Å². The number of nitrogens with one attached hydrogen (secondary N) is 1. The second-order valence-corrected chi connectivity index (χ2v) is 5.32. The van der Waals surface area contributed by atoms with Gasteiger partial charge in [0.1, 0.15) is 0 Å². The van der Waals surface area contributed by atoms with Gasteiger partial charge in [-0.3, -0.25) is 0 Å². The molecule has 1 heterocycles. The smallest absolute Gasteiger partial charge is 0.0499 e. The van der Waals surface area contributed by atoms with Crippen LogP contribution < -0.4 is 0 Å². The largest absolute Gasteiger partial charge is 0.354 e. The quantitative estimate of drug-likeness (QED) is 0.463. The second-order valence-electron chi connectivity index (χ2n) is 4.91. The number of aromatic amines is 1. The van der Waals surface area contributed by atoms with Crippen LogP contribution in [0.3, 0.4) is 0 Å². The van der Waals surface area contributed by atoms with Gasteiger partial charge in [-0.15, -0.1) is 0 Å². The zero-order chi connectivity index (χ0) is 13.5. The Balaban J connectivity index is 2.04. The molecule has 2 heteroatoms. The Morgan fingerprint density at radius 3 is 2.45 bits per heavy atom. The molecule has 0 aliphatic heterocycles. The number of benzene rings is 3. The summed E-state index contributed by atoms with van der Waals surface area (Å²) in [5.74, 6) is 0. The van der Waals surface area contributed by atoms with Crippen molar-refractivity contribution < 1.29 is 0 Å². The third kappa shape index (κ3) is 1.71. The Bertz CT molecular complexity index is 921. The number of hydrogen-bond acceptors (Lipinski definition) is 0. The molecule has 0 atom stereocenters. The summed E-state index contributed by atoms with van der Waals surface area (Å²) in [5, 5.41) is 4.52. The number of fused-ring (bicyclic) bond motifs is 3. The van der Waals surface area contributed by atoms with Crippen LogP contribution in [0.5, 0.6) is 0 Å². The van der Waals surface area contributed by atoms with Gasteiger partial charge < -0.3 is 4.98 Å².